The highest BCUT2D eigenvalue weighted by atomic mass is 35.5. The zero-order chi connectivity index (χ0) is 18.7. The van der Waals surface area contributed by atoms with Crippen LogP contribution >= 0.6 is 11.6 Å². The molecule has 1 unspecified atom stereocenters. The average Bonchev–Trinajstić information content (AvgIpc) is 3.14. The van der Waals surface area contributed by atoms with Gasteiger partial charge >= 0.3 is 0 Å². The van der Waals surface area contributed by atoms with Gasteiger partial charge in [-0.15, -0.1) is 0 Å². The van der Waals surface area contributed by atoms with E-state index in [1.54, 1.807) is 6.08 Å². The smallest absolute Gasteiger partial charge is 0.254 e. The number of aliphatic imine (C=N–C) groups is 1. The normalized spacial score (nSPS) is 24.2. The number of carbonyl (C=O) groups is 1. The SMILES string of the molecule is CC[C@@H](CN1CCCC1)N(CC)C(=O)C1=CC(Cl)=NC2CC=C(C)C=C12. The van der Waals surface area contributed by atoms with Crippen LogP contribution in [-0.2, 0) is 4.79 Å². The minimum Gasteiger partial charge on any atom is -0.335 e. The van der Waals surface area contributed by atoms with E-state index in [-0.39, 0.29) is 18.0 Å². The molecule has 0 saturated carbocycles. The minimum absolute atomic E-state index is 0.0208. The molecule has 2 atom stereocenters. The largest absolute Gasteiger partial charge is 0.335 e. The summed E-state index contributed by atoms with van der Waals surface area (Å²) in [6, 6.07) is 0.218. The quantitative estimate of drug-likeness (QED) is 0.705. The van der Waals surface area contributed by atoms with Gasteiger partial charge < -0.3 is 9.80 Å². The number of nitrogens with zero attached hydrogens (tertiary/aromatic N) is 3. The van der Waals surface area contributed by atoms with Crippen LogP contribution in [0.4, 0.5) is 0 Å². The third kappa shape index (κ3) is 4.12. The lowest BCUT2D eigenvalue weighted by Crippen LogP contribution is -2.47. The highest BCUT2D eigenvalue weighted by Gasteiger charge is 2.32. The molecular formula is C21H30ClN3O. The fourth-order valence-electron chi connectivity index (χ4n) is 4.21. The summed E-state index contributed by atoms with van der Waals surface area (Å²) in [5, 5.41) is 0.437. The molecule has 26 heavy (non-hydrogen) atoms. The van der Waals surface area contributed by atoms with E-state index in [2.05, 4.69) is 42.8 Å². The van der Waals surface area contributed by atoms with Gasteiger partial charge in [0, 0.05) is 24.7 Å². The summed E-state index contributed by atoms with van der Waals surface area (Å²) in [6.07, 6.45) is 10.3. The highest BCUT2D eigenvalue weighted by Crippen LogP contribution is 2.32. The second kappa shape index (κ2) is 8.53. The van der Waals surface area contributed by atoms with E-state index in [0.29, 0.717) is 11.7 Å². The Morgan fingerprint density at radius 1 is 1.35 bits per heavy atom. The predicted molar refractivity (Wildman–Crippen MR) is 109 cm³/mol. The number of fused-ring (bicyclic) bond motifs is 1. The molecule has 0 aromatic carbocycles. The van der Waals surface area contributed by atoms with Gasteiger partial charge in [-0.1, -0.05) is 36.2 Å². The summed E-state index contributed by atoms with van der Waals surface area (Å²) in [5.74, 6) is 0.0950. The van der Waals surface area contributed by atoms with Crippen molar-refractivity contribution in [2.45, 2.75) is 58.5 Å². The highest BCUT2D eigenvalue weighted by molar-refractivity contribution is 6.68. The number of allylic oxidation sites excluding steroid dienone is 3. The molecule has 4 nitrogen and oxygen atoms in total. The fourth-order valence-corrected chi connectivity index (χ4v) is 4.44. The summed E-state index contributed by atoms with van der Waals surface area (Å²) >= 11 is 6.26. The monoisotopic (exact) mass is 375 g/mol. The van der Waals surface area contributed by atoms with Gasteiger partial charge in [0.25, 0.3) is 5.91 Å². The molecule has 1 saturated heterocycles. The van der Waals surface area contributed by atoms with Crippen molar-refractivity contribution in [1.29, 1.82) is 0 Å². The van der Waals surface area contributed by atoms with Crippen molar-refractivity contribution in [3.63, 3.8) is 0 Å². The van der Waals surface area contributed by atoms with Crippen LogP contribution in [0, 0.1) is 0 Å². The molecule has 5 heteroatoms. The van der Waals surface area contributed by atoms with Crippen LogP contribution in [0.3, 0.4) is 0 Å². The van der Waals surface area contributed by atoms with Gasteiger partial charge in [0.05, 0.1) is 6.04 Å². The molecule has 1 amide bonds. The van der Waals surface area contributed by atoms with Crippen LogP contribution in [0.25, 0.3) is 0 Å². The first-order valence-electron chi connectivity index (χ1n) is 9.90. The summed E-state index contributed by atoms with van der Waals surface area (Å²) in [7, 11) is 0. The Hall–Kier alpha value is -1.39. The standard InChI is InChI=1S/C21H30ClN3O/c1-4-16(14-24-10-6-7-11-24)25(5-2)21(26)18-13-20(22)23-19-9-8-15(3)12-17(18)19/h8,12-13,16,19H,4-7,9-11,14H2,1-3H3/t16-,19?/m0/s1. The summed E-state index contributed by atoms with van der Waals surface area (Å²) in [5.41, 5.74) is 2.94. The van der Waals surface area contributed by atoms with Crippen LogP contribution in [0.5, 0.6) is 0 Å². The van der Waals surface area contributed by atoms with E-state index in [4.69, 9.17) is 11.6 Å². The Kier molecular flexibility index (Phi) is 6.36. The maximum Gasteiger partial charge on any atom is 0.254 e. The van der Waals surface area contributed by atoms with Gasteiger partial charge in [-0.3, -0.25) is 9.79 Å². The summed E-state index contributed by atoms with van der Waals surface area (Å²) in [4.78, 5) is 22.5. The van der Waals surface area contributed by atoms with Gasteiger partial charge in [-0.2, -0.15) is 0 Å². The number of halogens is 1. The van der Waals surface area contributed by atoms with E-state index >= 15 is 0 Å². The minimum atomic E-state index is -0.0208. The lowest BCUT2D eigenvalue weighted by molar-refractivity contribution is -0.129. The van der Waals surface area contributed by atoms with Crippen molar-refractivity contribution in [1.82, 2.24) is 9.80 Å². The average molecular weight is 376 g/mol. The van der Waals surface area contributed by atoms with E-state index < -0.39 is 0 Å². The molecule has 1 fully saturated rings. The van der Waals surface area contributed by atoms with Gasteiger partial charge in [0.15, 0.2) is 0 Å². The Labute approximate surface area is 162 Å². The third-order valence-corrected chi connectivity index (χ3v) is 5.88. The van der Waals surface area contributed by atoms with Crippen LogP contribution in [-0.4, -0.2) is 59.1 Å². The van der Waals surface area contributed by atoms with E-state index in [9.17, 15) is 4.79 Å². The third-order valence-electron chi connectivity index (χ3n) is 5.67. The number of likely N-dealkylation sites (tertiary alicyclic amines) is 1. The van der Waals surface area contributed by atoms with Crippen molar-refractivity contribution in [3.05, 3.63) is 34.9 Å². The second-order valence-electron chi connectivity index (χ2n) is 7.47. The van der Waals surface area contributed by atoms with Gasteiger partial charge in [-0.25, -0.2) is 0 Å². The molecule has 1 aliphatic carbocycles. The molecule has 0 bridgehead atoms. The maximum absolute atomic E-state index is 13.5. The van der Waals surface area contributed by atoms with Crippen molar-refractivity contribution in [3.8, 4) is 0 Å². The first kappa shape index (κ1) is 19.4. The van der Waals surface area contributed by atoms with E-state index in [0.717, 1.165) is 43.6 Å². The zero-order valence-corrected chi connectivity index (χ0v) is 16.9. The molecule has 2 heterocycles. The number of dihydropyridines is 1. The van der Waals surface area contributed by atoms with Gasteiger partial charge in [0.1, 0.15) is 5.17 Å². The lowest BCUT2D eigenvalue weighted by Gasteiger charge is -2.35. The summed E-state index contributed by atoms with van der Waals surface area (Å²) < 4.78 is 0. The molecule has 0 radical (unpaired) electrons. The molecule has 3 rings (SSSR count). The molecule has 0 spiro atoms. The summed E-state index contributed by atoms with van der Waals surface area (Å²) in [6.45, 7) is 10.3. The van der Waals surface area contributed by atoms with Gasteiger partial charge in [0.2, 0.25) is 0 Å². The lowest BCUT2D eigenvalue weighted by atomic mass is 9.87. The Bertz CT molecular complexity index is 671. The molecule has 2 aliphatic heterocycles. The number of hydrogen-bond donors (Lipinski definition) is 0. The van der Waals surface area contributed by atoms with Crippen LogP contribution in [0.2, 0.25) is 0 Å². The first-order valence-corrected chi connectivity index (χ1v) is 10.3. The number of carbonyl (C=O) groups excluding carboxylic acids is 1. The van der Waals surface area contributed by atoms with Gasteiger partial charge in [-0.05, 0) is 64.3 Å². The van der Waals surface area contributed by atoms with Crippen LogP contribution in [0.15, 0.2) is 39.9 Å². The number of amides is 1. The number of hydrogen-bond acceptors (Lipinski definition) is 3. The Morgan fingerprint density at radius 3 is 2.73 bits per heavy atom. The van der Waals surface area contributed by atoms with Crippen molar-refractivity contribution in [2.24, 2.45) is 4.99 Å². The second-order valence-corrected chi connectivity index (χ2v) is 7.86. The van der Waals surface area contributed by atoms with Crippen molar-refractivity contribution >= 4 is 22.7 Å². The zero-order valence-electron chi connectivity index (χ0n) is 16.2. The maximum atomic E-state index is 13.5. The Morgan fingerprint density at radius 2 is 2.08 bits per heavy atom. The molecule has 142 valence electrons. The van der Waals surface area contributed by atoms with E-state index in [1.165, 1.54) is 18.4 Å². The molecule has 0 N–H and O–H groups in total. The molecule has 0 aromatic rings. The molecule has 0 aromatic heterocycles. The Balaban J connectivity index is 1.84. The predicted octanol–water partition coefficient (Wildman–Crippen LogP) is 3.93. The molecule has 3 aliphatic rings. The first-order chi connectivity index (χ1) is 12.5. The van der Waals surface area contributed by atoms with Crippen molar-refractivity contribution in [2.75, 3.05) is 26.2 Å². The fraction of sp³-hybridized carbons (Fsp3) is 0.619. The molecular weight excluding hydrogens is 346 g/mol. The number of rotatable bonds is 6. The topological polar surface area (TPSA) is 35.9 Å². The van der Waals surface area contributed by atoms with Crippen LogP contribution in [0.1, 0.15) is 46.5 Å². The van der Waals surface area contributed by atoms with Crippen molar-refractivity contribution < 1.29 is 4.79 Å². The van der Waals surface area contributed by atoms with E-state index in [1.807, 2.05) is 4.90 Å². The van der Waals surface area contributed by atoms with Crippen LogP contribution < -0.4 is 0 Å². The number of likely N-dealkylation sites (N-methyl/N-ethyl adjacent to an activating group) is 1.